The van der Waals surface area contributed by atoms with Gasteiger partial charge in [-0.05, 0) is 26.0 Å². The van der Waals surface area contributed by atoms with Crippen molar-refractivity contribution in [3.63, 3.8) is 0 Å². The minimum absolute atomic E-state index is 0.00239. The molecule has 1 amide bonds. The molecule has 0 aliphatic carbocycles. The molecule has 2 heterocycles. The third-order valence-corrected chi connectivity index (χ3v) is 4.99. The molecule has 1 saturated heterocycles. The number of fused-ring (bicyclic) bond motifs is 1. The molecule has 0 radical (unpaired) electrons. The summed E-state index contributed by atoms with van der Waals surface area (Å²) in [6.45, 7) is 5.07. The molecule has 0 unspecified atom stereocenters. The van der Waals surface area contributed by atoms with Gasteiger partial charge in [0, 0.05) is 24.6 Å². The van der Waals surface area contributed by atoms with Crippen LogP contribution in [-0.2, 0) is 4.79 Å². The van der Waals surface area contributed by atoms with Gasteiger partial charge in [0.2, 0.25) is 5.91 Å². The molecule has 5 nitrogen and oxygen atoms in total. The van der Waals surface area contributed by atoms with Gasteiger partial charge in [0.15, 0.2) is 0 Å². The van der Waals surface area contributed by atoms with Gasteiger partial charge in [0.05, 0.1) is 10.9 Å². The fraction of sp³-hybridized carbons (Fsp3) is 0.438. The molecule has 0 N–H and O–H groups in total. The lowest BCUT2D eigenvalue weighted by molar-refractivity contribution is -0.134. The van der Waals surface area contributed by atoms with E-state index in [0.717, 1.165) is 24.6 Å². The van der Waals surface area contributed by atoms with Crippen LogP contribution in [0.1, 0.15) is 18.8 Å². The topological polar surface area (TPSA) is 55.2 Å². The fourth-order valence-electron chi connectivity index (χ4n) is 2.87. The molecule has 0 bridgehead atoms. The Hall–Kier alpha value is -1.82. The number of carbonyl (C=O) groups is 1. The molecule has 2 aromatic rings. The van der Waals surface area contributed by atoms with Crippen molar-refractivity contribution >= 4 is 28.6 Å². The SMILES string of the molecule is Cc1nc2ccccc2c(=O)n1[C@@H](C)C(=O)N1CCSCC1. The first-order chi connectivity index (χ1) is 10.6. The number of aromatic nitrogens is 2. The van der Waals surface area contributed by atoms with Gasteiger partial charge in [0.25, 0.3) is 5.56 Å². The second kappa shape index (κ2) is 6.12. The van der Waals surface area contributed by atoms with Gasteiger partial charge in [-0.2, -0.15) is 11.8 Å². The second-order valence-corrected chi connectivity index (χ2v) is 6.69. The van der Waals surface area contributed by atoms with E-state index in [-0.39, 0.29) is 11.5 Å². The summed E-state index contributed by atoms with van der Waals surface area (Å²) in [5.41, 5.74) is 0.533. The van der Waals surface area contributed by atoms with E-state index in [0.29, 0.717) is 16.7 Å². The Balaban J connectivity index is 2.01. The highest BCUT2D eigenvalue weighted by molar-refractivity contribution is 7.99. The van der Waals surface area contributed by atoms with Gasteiger partial charge >= 0.3 is 0 Å². The van der Waals surface area contributed by atoms with E-state index in [4.69, 9.17) is 0 Å². The van der Waals surface area contributed by atoms with Crippen LogP contribution in [0.5, 0.6) is 0 Å². The summed E-state index contributed by atoms with van der Waals surface area (Å²) in [5, 5.41) is 0.557. The Kier molecular flexibility index (Phi) is 4.20. The van der Waals surface area contributed by atoms with Crippen molar-refractivity contribution in [1.82, 2.24) is 14.5 Å². The Labute approximate surface area is 133 Å². The van der Waals surface area contributed by atoms with E-state index in [1.165, 1.54) is 4.57 Å². The van der Waals surface area contributed by atoms with Crippen LogP contribution in [0.2, 0.25) is 0 Å². The predicted octanol–water partition coefficient (Wildman–Crippen LogP) is 1.84. The van der Waals surface area contributed by atoms with E-state index in [1.807, 2.05) is 34.9 Å². The Morgan fingerprint density at radius 2 is 1.95 bits per heavy atom. The van der Waals surface area contributed by atoms with E-state index in [9.17, 15) is 9.59 Å². The highest BCUT2D eigenvalue weighted by Gasteiger charge is 2.26. The molecule has 1 aliphatic rings. The van der Waals surface area contributed by atoms with Crippen molar-refractivity contribution in [2.75, 3.05) is 24.6 Å². The summed E-state index contributed by atoms with van der Waals surface area (Å²) in [5.74, 6) is 2.50. The minimum Gasteiger partial charge on any atom is -0.339 e. The van der Waals surface area contributed by atoms with E-state index >= 15 is 0 Å². The number of aryl methyl sites for hydroxylation is 1. The lowest BCUT2D eigenvalue weighted by atomic mass is 10.2. The number of nitrogens with zero attached hydrogens (tertiary/aromatic N) is 3. The van der Waals surface area contributed by atoms with Crippen molar-refractivity contribution in [3.8, 4) is 0 Å². The Bertz CT molecular complexity index is 766. The fourth-order valence-corrected chi connectivity index (χ4v) is 3.77. The molecule has 3 rings (SSSR count). The number of rotatable bonds is 2. The number of hydrogen-bond acceptors (Lipinski definition) is 4. The zero-order valence-corrected chi connectivity index (χ0v) is 13.6. The molecule has 1 atom stereocenters. The van der Waals surface area contributed by atoms with Crippen molar-refractivity contribution in [3.05, 3.63) is 40.4 Å². The minimum atomic E-state index is -0.521. The highest BCUT2D eigenvalue weighted by atomic mass is 32.2. The zero-order valence-electron chi connectivity index (χ0n) is 12.8. The molecular formula is C16H19N3O2S. The van der Waals surface area contributed by atoms with Crippen LogP contribution in [0, 0.1) is 6.92 Å². The van der Waals surface area contributed by atoms with Crippen LogP contribution in [0.25, 0.3) is 10.9 Å². The first-order valence-electron chi connectivity index (χ1n) is 7.44. The van der Waals surface area contributed by atoms with Crippen molar-refractivity contribution < 1.29 is 4.79 Å². The van der Waals surface area contributed by atoms with Crippen molar-refractivity contribution in [1.29, 1.82) is 0 Å². The largest absolute Gasteiger partial charge is 0.339 e. The van der Waals surface area contributed by atoms with E-state index in [2.05, 4.69) is 4.98 Å². The summed E-state index contributed by atoms with van der Waals surface area (Å²) in [6.07, 6.45) is 0. The molecular weight excluding hydrogens is 298 g/mol. The second-order valence-electron chi connectivity index (χ2n) is 5.46. The number of carbonyl (C=O) groups excluding carboxylic acids is 1. The number of thioether (sulfide) groups is 1. The smallest absolute Gasteiger partial charge is 0.262 e. The lowest BCUT2D eigenvalue weighted by Gasteiger charge is -2.30. The Morgan fingerprint density at radius 1 is 1.27 bits per heavy atom. The summed E-state index contributed by atoms with van der Waals surface area (Å²) < 4.78 is 1.52. The van der Waals surface area contributed by atoms with Crippen LogP contribution in [0.15, 0.2) is 29.1 Å². The summed E-state index contributed by atoms with van der Waals surface area (Å²) in [7, 11) is 0. The molecule has 0 saturated carbocycles. The maximum absolute atomic E-state index is 12.7. The first kappa shape index (κ1) is 15.1. The monoisotopic (exact) mass is 317 g/mol. The zero-order chi connectivity index (χ0) is 15.7. The molecule has 0 spiro atoms. The van der Waals surface area contributed by atoms with E-state index < -0.39 is 6.04 Å². The highest BCUT2D eigenvalue weighted by Crippen LogP contribution is 2.17. The number of amides is 1. The van der Waals surface area contributed by atoms with E-state index in [1.54, 1.807) is 19.9 Å². The van der Waals surface area contributed by atoms with Gasteiger partial charge in [-0.1, -0.05) is 12.1 Å². The number of benzene rings is 1. The average Bonchev–Trinajstić information content (AvgIpc) is 2.55. The number of para-hydroxylation sites is 1. The first-order valence-corrected chi connectivity index (χ1v) is 8.59. The molecule has 6 heteroatoms. The van der Waals surface area contributed by atoms with Gasteiger partial charge in [-0.3, -0.25) is 14.2 Å². The van der Waals surface area contributed by atoms with Crippen LogP contribution < -0.4 is 5.56 Å². The molecule has 1 fully saturated rings. The summed E-state index contributed by atoms with van der Waals surface area (Å²) in [4.78, 5) is 31.7. The third kappa shape index (κ3) is 2.63. The van der Waals surface area contributed by atoms with Crippen LogP contribution in [0.3, 0.4) is 0 Å². The molecule has 1 aromatic heterocycles. The van der Waals surface area contributed by atoms with Crippen molar-refractivity contribution in [2.45, 2.75) is 19.9 Å². The van der Waals surface area contributed by atoms with Gasteiger partial charge < -0.3 is 4.90 Å². The number of hydrogen-bond donors (Lipinski definition) is 0. The normalized spacial score (nSPS) is 16.7. The van der Waals surface area contributed by atoms with Gasteiger partial charge in [-0.15, -0.1) is 0 Å². The average molecular weight is 317 g/mol. The van der Waals surface area contributed by atoms with Crippen LogP contribution >= 0.6 is 11.8 Å². The Morgan fingerprint density at radius 3 is 2.68 bits per heavy atom. The predicted molar refractivity (Wildman–Crippen MR) is 89.4 cm³/mol. The van der Waals surface area contributed by atoms with Crippen LogP contribution in [0.4, 0.5) is 0 Å². The quantitative estimate of drug-likeness (QED) is 0.848. The maximum atomic E-state index is 12.7. The molecule has 1 aliphatic heterocycles. The third-order valence-electron chi connectivity index (χ3n) is 4.05. The van der Waals surface area contributed by atoms with Crippen LogP contribution in [-0.4, -0.2) is 45.0 Å². The standard InChI is InChI=1S/C16H19N3O2S/c1-11(15(20)18-7-9-22-10-8-18)19-12(2)17-14-6-4-3-5-13(14)16(19)21/h3-6,11H,7-10H2,1-2H3/t11-/m0/s1. The molecule has 116 valence electrons. The lowest BCUT2D eigenvalue weighted by Crippen LogP contribution is -2.44. The maximum Gasteiger partial charge on any atom is 0.262 e. The van der Waals surface area contributed by atoms with Gasteiger partial charge in [-0.25, -0.2) is 4.98 Å². The molecule has 22 heavy (non-hydrogen) atoms. The van der Waals surface area contributed by atoms with Gasteiger partial charge in [0.1, 0.15) is 11.9 Å². The summed E-state index contributed by atoms with van der Waals surface area (Å²) >= 11 is 1.86. The molecule has 1 aromatic carbocycles. The summed E-state index contributed by atoms with van der Waals surface area (Å²) in [6, 6.07) is 6.74. The van der Waals surface area contributed by atoms with Crippen molar-refractivity contribution in [2.24, 2.45) is 0 Å².